The molecule has 0 saturated carbocycles. The second-order valence-electron chi connectivity index (χ2n) is 5.84. The number of aryl methyl sites for hydroxylation is 2. The van der Waals surface area contributed by atoms with Gasteiger partial charge < -0.3 is 9.30 Å². The van der Waals surface area contributed by atoms with E-state index in [-0.39, 0.29) is 12.4 Å². The fourth-order valence-corrected chi connectivity index (χ4v) is 3.35. The molecule has 0 amide bonds. The number of hydrogen-bond donors (Lipinski definition) is 0. The zero-order chi connectivity index (χ0) is 17.3. The number of aromatic nitrogens is 1. The van der Waals surface area contributed by atoms with E-state index in [2.05, 4.69) is 23.6 Å². The number of benzene rings is 2. The van der Waals surface area contributed by atoms with Crippen molar-refractivity contribution in [1.29, 1.82) is 0 Å². The molecule has 0 saturated heterocycles. The van der Waals surface area contributed by atoms with Crippen LogP contribution in [-0.2, 0) is 23.0 Å². The molecule has 0 bridgehead atoms. The average molecular weight is 342 g/mol. The third-order valence-electron chi connectivity index (χ3n) is 4.31. The Bertz CT molecular complexity index is 911. The molecule has 1 aromatic heterocycles. The number of hydrogen-bond acceptors (Lipinski definition) is 2. The number of rotatable bonds is 4. The van der Waals surface area contributed by atoms with Crippen LogP contribution in [0.15, 0.2) is 42.5 Å². The van der Waals surface area contributed by atoms with Gasteiger partial charge in [-0.15, -0.1) is 0 Å². The SMILES string of the molecule is CCOC(=O)Cc1c(-c2ccccc2C)c2cc(Cl)ccc2n1C. The Labute approximate surface area is 146 Å². The highest BCUT2D eigenvalue weighted by atomic mass is 35.5. The maximum absolute atomic E-state index is 12.1. The first-order chi connectivity index (χ1) is 11.5. The molecular formula is C20H20ClNO2. The third-order valence-corrected chi connectivity index (χ3v) is 4.55. The van der Waals surface area contributed by atoms with Crippen molar-refractivity contribution in [3.05, 3.63) is 58.7 Å². The van der Waals surface area contributed by atoms with Gasteiger partial charge in [0.05, 0.1) is 13.0 Å². The second-order valence-corrected chi connectivity index (χ2v) is 6.28. The van der Waals surface area contributed by atoms with Crippen molar-refractivity contribution < 1.29 is 9.53 Å². The van der Waals surface area contributed by atoms with Crippen molar-refractivity contribution in [2.24, 2.45) is 7.05 Å². The van der Waals surface area contributed by atoms with Gasteiger partial charge in [0.2, 0.25) is 0 Å². The fraction of sp³-hybridized carbons (Fsp3) is 0.250. The van der Waals surface area contributed by atoms with Crippen LogP contribution in [0.5, 0.6) is 0 Å². The van der Waals surface area contributed by atoms with Crippen LogP contribution in [0.2, 0.25) is 5.02 Å². The van der Waals surface area contributed by atoms with Gasteiger partial charge in [-0.1, -0.05) is 35.9 Å². The van der Waals surface area contributed by atoms with Crippen LogP contribution < -0.4 is 0 Å². The van der Waals surface area contributed by atoms with Gasteiger partial charge in [0.1, 0.15) is 0 Å². The molecular weight excluding hydrogens is 322 g/mol. The summed E-state index contributed by atoms with van der Waals surface area (Å²) in [5.41, 5.74) is 5.33. The van der Waals surface area contributed by atoms with Gasteiger partial charge in [-0.2, -0.15) is 0 Å². The monoisotopic (exact) mass is 341 g/mol. The van der Waals surface area contributed by atoms with E-state index in [4.69, 9.17) is 16.3 Å². The van der Waals surface area contributed by atoms with Crippen LogP contribution in [-0.4, -0.2) is 17.1 Å². The molecule has 0 unspecified atom stereocenters. The molecule has 3 nitrogen and oxygen atoms in total. The topological polar surface area (TPSA) is 31.2 Å². The molecule has 0 radical (unpaired) electrons. The Hall–Kier alpha value is -2.26. The number of carbonyl (C=O) groups excluding carboxylic acids is 1. The third kappa shape index (κ3) is 2.92. The standard InChI is InChI=1S/C20H20ClNO2/c1-4-24-19(23)12-18-20(15-8-6-5-7-13(15)2)16-11-14(21)9-10-17(16)22(18)3/h5-11H,4,12H2,1-3H3. The summed E-state index contributed by atoms with van der Waals surface area (Å²) >= 11 is 6.23. The smallest absolute Gasteiger partial charge is 0.311 e. The number of halogens is 1. The van der Waals surface area contributed by atoms with Crippen molar-refractivity contribution in [3.63, 3.8) is 0 Å². The Morgan fingerprint density at radius 1 is 1.21 bits per heavy atom. The summed E-state index contributed by atoms with van der Waals surface area (Å²) in [5, 5.41) is 1.74. The number of esters is 1. The predicted molar refractivity (Wildman–Crippen MR) is 98.4 cm³/mol. The number of fused-ring (bicyclic) bond motifs is 1. The van der Waals surface area contributed by atoms with E-state index < -0.39 is 0 Å². The van der Waals surface area contributed by atoms with Crippen molar-refractivity contribution in [2.75, 3.05) is 6.61 Å². The van der Waals surface area contributed by atoms with Crippen LogP contribution in [0.4, 0.5) is 0 Å². The van der Waals surface area contributed by atoms with Gasteiger partial charge in [-0.05, 0) is 43.2 Å². The number of nitrogens with zero attached hydrogens (tertiary/aromatic N) is 1. The molecule has 0 atom stereocenters. The van der Waals surface area contributed by atoms with Crippen molar-refractivity contribution in [1.82, 2.24) is 4.57 Å². The van der Waals surface area contributed by atoms with Gasteiger partial charge in [0.25, 0.3) is 0 Å². The number of carbonyl (C=O) groups is 1. The molecule has 3 rings (SSSR count). The molecule has 0 aliphatic rings. The van der Waals surface area contributed by atoms with E-state index in [0.29, 0.717) is 11.6 Å². The highest BCUT2D eigenvalue weighted by molar-refractivity contribution is 6.31. The van der Waals surface area contributed by atoms with Crippen molar-refractivity contribution >= 4 is 28.5 Å². The molecule has 0 spiro atoms. The lowest BCUT2D eigenvalue weighted by Gasteiger charge is -2.10. The second kappa shape index (κ2) is 6.70. The van der Waals surface area contributed by atoms with Crippen molar-refractivity contribution in [2.45, 2.75) is 20.3 Å². The van der Waals surface area contributed by atoms with Crippen LogP contribution in [0.1, 0.15) is 18.2 Å². The Balaban J connectivity index is 2.29. The predicted octanol–water partition coefficient (Wildman–Crippen LogP) is 4.91. The molecule has 124 valence electrons. The van der Waals surface area contributed by atoms with Gasteiger partial charge in [0.15, 0.2) is 0 Å². The quantitative estimate of drug-likeness (QED) is 0.631. The first-order valence-corrected chi connectivity index (χ1v) is 8.39. The molecule has 0 aliphatic carbocycles. The van der Waals surface area contributed by atoms with Gasteiger partial charge in [-0.25, -0.2) is 0 Å². The first-order valence-electron chi connectivity index (χ1n) is 8.01. The minimum Gasteiger partial charge on any atom is -0.466 e. The molecule has 0 fully saturated rings. The van der Waals surface area contributed by atoms with E-state index in [1.165, 1.54) is 0 Å². The average Bonchev–Trinajstić information content (AvgIpc) is 2.80. The van der Waals surface area contributed by atoms with Crippen LogP contribution >= 0.6 is 11.6 Å². The van der Waals surface area contributed by atoms with E-state index in [9.17, 15) is 4.79 Å². The van der Waals surface area contributed by atoms with E-state index >= 15 is 0 Å². The van der Waals surface area contributed by atoms with Crippen LogP contribution in [0.25, 0.3) is 22.0 Å². The molecule has 2 aromatic carbocycles. The minimum absolute atomic E-state index is 0.218. The van der Waals surface area contributed by atoms with Gasteiger partial charge in [-0.3, -0.25) is 4.79 Å². The molecule has 3 aromatic rings. The summed E-state index contributed by atoms with van der Waals surface area (Å²) in [6.07, 6.45) is 0.236. The maximum Gasteiger partial charge on any atom is 0.311 e. The maximum atomic E-state index is 12.1. The zero-order valence-electron chi connectivity index (χ0n) is 14.1. The van der Waals surface area contributed by atoms with Crippen LogP contribution in [0.3, 0.4) is 0 Å². The largest absolute Gasteiger partial charge is 0.466 e. The summed E-state index contributed by atoms with van der Waals surface area (Å²) in [7, 11) is 1.98. The fourth-order valence-electron chi connectivity index (χ4n) is 3.18. The lowest BCUT2D eigenvalue weighted by molar-refractivity contribution is -0.142. The van der Waals surface area contributed by atoms with Crippen LogP contribution in [0, 0.1) is 6.92 Å². The Morgan fingerprint density at radius 3 is 2.67 bits per heavy atom. The van der Waals surface area contributed by atoms with E-state index in [1.54, 1.807) is 0 Å². The zero-order valence-corrected chi connectivity index (χ0v) is 14.9. The minimum atomic E-state index is -0.218. The highest BCUT2D eigenvalue weighted by Crippen LogP contribution is 2.37. The summed E-state index contributed by atoms with van der Waals surface area (Å²) in [5.74, 6) is -0.218. The summed E-state index contributed by atoms with van der Waals surface area (Å²) < 4.78 is 7.22. The molecule has 0 N–H and O–H groups in total. The summed E-state index contributed by atoms with van der Waals surface area (Å²) in [6, 6.07) is 14.0. The normalized spacial score (nSPS) is 11.0. The molecule has 1 heterocycles. The molecule has 0 aliphatic heterocycles. The highest BCUT2D eigenvalue weighted by Gasteiger charge is 2.20. The lowest BCUT2D eigenvalue weighted by Crippen LogP contribution is -2.11. The summed E-state index contributed by atoms with van der Waals surface area (Å²) in [4.78, 5) is 12.1. The van der Waals surface area contributed by atoms with E-state index in [0.717, 1.165) is 33.3 Å². The number of ether oxygens (including phenoxy) is 1. The van der Waals surface area contributed by atoms with E-state index in [1.807, 2.05) is 44.3 Å². The van der Waals surface area contributed by atoms with Crippen molar-refractivity contribution in [3.8, 4) is 11.1 Å². The van der Waals surface area contributed by atoms with Gasteiger partial charge >= 0.3 is 5.97 Å². The van der Waals surface area contributed by atoms with Gasteiger partial charge in [0, 0.05) is 34.2 Å². The first kappa shape index (κ1) is 16.6. The Morgan fingerprint density at radius 2 is 1.96 bits per heavy atom. The lowest BCUT2D eigenvalue weighted by atomic mass is 9.96. The molecule has 4 heteroatoms. The Kier molecular flexibility index (Phi) is 4.63. The molecule has 24 heavy (non-hydrogen) atoms. The summed E-state index contributed by atoms with van der Waals surface area (Å²) in [6.45, 7) is 4.28.